The molecule has 4 heteroatoms. The van der Waals surface area contributed by atoms with Crippen molar-refractivity contribution >= 4 is 10.0 Å². The summed E-state index contributed by atoms with van der Waals surface area (Å²) < 4.78 is 39.5. The van der Waals surface area contributed by atoms with Crippen molar-refractivity contribution in [1.82, 2.24) is 0 Å². The van der Waals surface area contributed by atoms with E-state index >= 15 is 0 Å². The zero-order valence-corrected chi connectivity index (χ0v) is 3.83. The molecule has 0 aromatic heterocycles. The minimum absolute atomic E-state index is 0.958. The van der Waals surface area contributed by atoms with Crippen LogP contribution in [0.3, 0.4) is 0 Å². The second-order valence-electron chi connectivity index (χ2n) is 0.807. The van der Waals surface area contributed by atoms with Crippen molar-refractivity contribution in [2.45, 2.75) is 6.85 Å². The number of sulfonamides is 1. The Morgan fingerprint density at radius 1 is 2.00 bits per heavy atom. The minimum atomic E-state index is -3.84. The van der Waals surface area contributed by atoms with Gasteiger partial charge in [0.05, 0.1) is 5.75 Å². The molecule has 0 aromatic carbocycles. The van der Waals surface area contributed by atoms with Gasteiger partial charge in [-0.25, -0.2) is 13.6 Å². The first-order valence-corrected chi connectivity index (χ1v) is 2.93. The second-order valence-corrected chi connectivity index (χ2v) is 2.42. The van der Waals surface area contributed by atoms with Gasteiger partial charge in [-0.3, -0.25) is 0 Å². The van der Waals surface area contributed by atoms with Crippen LogP contribution in [0.5, 0.6) is 0 Å². The summed E-state index contributed by atoms with van der Waals surface area (Å²) in [5.41, 5.74) is 0. The van der Waals surface area contributed by atoms with Crippen LogP contribution in [0.1, 0.15) is 11.0 Å². The van der Waals surface area contributed by atoms with Crippen molar-refractivity contribution in [3.8, 4) is 0 Å². The van der Waals surface area contributed by atoms with Crippen LogP contribution >= 0.6 is 0 Å². The molecule has 0 atom stereocenters. The summed E-state index contributed by atoms with van der Waals surface area (Å²) in [6.07, 6.45) is 0. The van der Waals surface area contributed by atoms with Gasteiger partial charge >= 0.3 is 0 Å². The predicted octanol–water partition coefficient (Wildman–Crippen LogP) is -0.705. The van der Waals surface area contributed by atoms with Crippen molar-refractivity contribution in [2.24, 2.45) is 5.14 Å². The molecule has 0 spiro atoms. The molecule has 0 unspecified atom stereocenters. The van der Waals surface area contributed by atoms with Crippen molar-refractivity contribution in [3.63, 3.8) is 0 Å². The lowest BCUT2D eigenvalue weighted by Crippen LogP contribution is -2.13. The second kappa shape index (κ2) is 1.57. The smallest absolute Gasteiger partial charge is 0.208 e. The molecule has 0 amide bonds. The van der Waals surface area contributed by atoms with E-state index in [-0.39, 0.29) is 0 Å². The van der Waals surface area contributed by atoms with Crippen molar-refractivity contribution in [2.75, 3.05) is 5.75 Å². The molecule has 0 aliphatic rings. The normalized spacial score (nSPS) is 21.2. The maximum absolute atomic E-state index is 10.1. The van der Waals surface area contributed by atoms with Gasteiger partial charge in [0.25, 0.3) is 0 Å². The molecule has 0 heterocycles. The quantitative estimate of drug-likeness (QED) is 0.457. The molecule has 3 nitrogen and oxygen atoms in total. The third-order valence-electron chi connectivity index (χ3n) is 0.201. The van der Waals surface area contributed by atoms with Crippen LogP contribution in [-0.4, -0.2) is 14.2 Å². The number of nitrogens with two attached hydrogens (primary N) is 1. The largest absolute Gasteiger partial charge is 0.229 e. The van der Waals surface area contributed by atoms with Crippen molar-refractivity contribution in [1.29, 1.82) is 0 Å². The lowest BCUT2D eigenvalue weighted by Gasteiger charge is -1.81. The van der Waals surface area contributed by atoms with Gasteiger partial charge in [-0.1, -0.05) is 0 Å². The maximum atomic E-state index is 10.1. The summed E-state index contributed by atoms with van der Waals surface area (Å²) in [7, 11) is -3.84. The van der Waals surface area contributed by atoms with Gasteiger partial charge in [-0.05, 0) is 6.85 Å². The lowest BCUT2D eigenvalue weighted by molar-refractivity contribution is 0.599. The van der Waals surface area contributed by atoms with Crippen LogP contribution in [0.25, 0.3) is 0 Å². The fraction of sp³-hybridized carbons (Fsp3) is 1.00. The third kappa shape index (κ3) is 3.91. The topological polar surface area (TPSA) is 60.2 Å². The standard InChI is InChI=1S/C2H7NO2S/c1-2-6(3,4)5/h2H2,1H3,(H2,3,4,5)/i1+1D3. The first kappa shape index (κ1) is 2.28. The van der Waals surface area contributed by atoms with E-state index in [0.717, 1.165) is 0 Å². The highest BCUT2D eigenvalue weighted by atomic mass is 32.2. The van der Waals surface area contributed by atoms with Crippen LogP contribution in [0.15, 0.2) is 0 Å². The number of hydrogen-bond donors (Lipinski definition) is 1. The highest BCUT2D eigenvalue weighted by Gasteiger charge is 1.90. The molecule has 0 aliphatic heterocycles. The summed E-state index contributed by atoms with van der Waals surface area (Å²) in [6.45, 7) is -2.48. The average molecular weight is 113 g/mol. The monoisotopic (exact) mass is 113 g/mol. The van der Waals surface area contributed by atoms with Gasteiger partial charge in [0, 0.05) is 4.11 Å². The fourth-order valence-electron chi connectivity index (χ4n) is 0. The Morgan fingerprint density at radius 2 is 2.50 bits per heavy atom. The zero-order chi connectivity index (χ0) is 7.71. The van der Waals surface area contributed by atoms with Gasteiger partial charge in [0.2, 0.25) is 10.0 Å². The Kier molecular flexibility index (Phi) is 0.597. The summed E-state index contributed by atoms with van der Waals surface area (Å²) in [6, 6.07) is 0. The summed E-state index contributed by atoms with van der Waals surface area (Å²) >= 11 is 0. The molecule has 0 radical (unpaired) electrons. The van der Waals surface area contributed by atoms with E-state index in [2.05, 4.69) is 5.14 Å². The Balaban J connectivity index is 4.07. The third-order valence-corrected chi connectivity index (χ3v) is 0.604. The molecular formula is C2H7NO2S. The molecular weight excluding hydrogens is 103 g/mol. The van der Waals surface area contributed by atoms with E-state index in [1.165, 1.54) is 0 Å². The molecule has 0 fully saturated rings. The highest BCUT2D eigenvalue weighted by Crippen LogP contribution is 1.68. The van der Waals surface area contributed by atoms with Crippen molar-refractivity contribution in [3.05, 3.63) is 0 Å². The van der Waals surface area contributed by atoms with E-state index in [4.69, 9.17) is 4.11 Å². The predicted molar refractivity (Wildman–Crippen MR) is 23.6 cm³/mol. The van der Waals surface area contributed by atoms with Gasteiger partial charge in [-0.15, -0.1) is 0 Å². The van der Waals surface area contributed by atoms with E-state index in [1.807, 2.05) is 0 Å². The molecule has 0 aromatic rings. The zero-order valence-electron chi connectivity index (χ0n) is 6.01. The van der Waals surface area contributed by atoms with Gasteiger partial charge < -0.3 is 0 Å². The Morgan fingerprint density at radius 3 is 2.50 bits per heavy atom. The first-order chi connectivity index (χ1) is 3.71. The molecule has 0 bridgehead atoms. The van der Waals surface area contributed by atoms with E-state index in [9.17, 15) is 8.42 Å². The van der Waals surface area contributed by atoms with Crippen LogP contribution in [-0.2, 0) is 10.0 Å². The molecule has 0 rings (SSSR count). The Bertz CT molecular complexity index is 180. The maximum Gasteiger partial charge on any atom is 0.208 e. The molecule has 38 valence electrons. The van der Waals surface area contributed by atoms with E-state index in [1.54, 1.807) is 0 Å². The first-order valence-electron chi connectivity index (χ1n) is 2.71. The average Bonchev–Trinajstić information content (AvgIpc) is 1.14. The van der Waals surface area contributed by atoms with E-state index < -0.39 is 22.6 Å². The molecule has 6 heavy (non-hydrogen) atoms. The molecule has 0 saturated heterocycles. The number of primary sulfonamides is 1. The van der Waals surface area contributed by atoms with Crippen LogP contribution in [0, 0.1) is 0 Å². The van der Waals surface area contributed by atoms with Gasteiger partial charge in [-0.2, -0.15) is 0 Å². The summed E-state index contributed by atoms with van der Waals surface area (Å²) in [5, 5.41) is 4.43. The van der Waals surface area contributed by atoms with Gasteiger partial charge in [0.15, 0.2) is 0 Å². The van der Waals surface area contributed by atoms with Crippen LogP contribution in [0.2, 0.25) is 0 Å². The molecule has 0 saturated carbocycles. The van der Waals surface area contributed by atoms with Crippen LogP contribution < -0.4 is 5.14 Å². The highest BCUT2D eigenvalue weighted by molar-refractivity contribution is 7.89. The van der Waals surface area contributed by atoms with Gasteiger partial charge in [0.1, 0.15) is 0 Å². The Labute approximate surface area is 41.4 Å². The summed E-state index contributed by atoms with van der Waals surface area (Å²) in [5.74, 6) is -0.958. The Hall–Kier alpha value is -0.0900. The molecule has 2 N–H and O–H groups in total. The fourth-order valence-corrected chi connectivity index (χ4v) is 0. The number of rotatable bonds is 1. The van der Waals surface area contributed by atoms with Crippen molar-refractivity contribution < 1.29 is 12.5 Å². The van der Waals surface area contributed by atoms with Crippen LogP contribution in [0.4, 0.5) is 0 Å². The molecule has 0 aliphatic carbocycles. The number of hydrogen-bond acceptors (Lipinski definition) is 2. The lowest BCUT2D eigenvalue weighted by atomic mass is 11.4. The SMILES string of the molecule is [2H][13C]([2H])([2H])CS(N)(=O)=O. The minimum Gasteiger partial charge on any atom is -0.229 e. The summed E-state index contributed by atoms with van der Waals surface area (Å²) in [4.78, 5) is 0. The van der Waals surface area contributed by atoms with E-state index in [0.29, 0.717) is 0 Å².